The Hall–Kier alpha value is -2.19. The van der Waals surface area contributed by atoms with Gasteiger partial charge in [0.1, 0.15) is 6.54 Å². The minimum Gasteiger partial charge on any atom is -0.352 e. The van der Waals surface area contributed by atoms with Crippen LogP contribution in [0, 0.1) is 0 Å². The number of aromatic nitrogens is 2. The van der Waals surface area contributed by atoms with E-state index in [-0.39, 0.29) is 41.3 Å². The summed E-state index contributed by atoms with van der Waals surface area (Å²) in [5, 5.41) is 12.4. The number of nitrogens with zero attached hydrogens (tertiary/aromatic N) is 5. The molecular weight excluding hydrogens is 509 g/mol. The SMILES string of the molecule is CN=C(NCc1cccc(S(N)(=O)=O)c1)N1CCN(c2cnn(C)c2)C(=O)C1.I. The molecule has 0 bridgehead atoms. The first-order chi connectivity index (χ1) is 13.3. The zero-order chi connectivity index (χ0) is 20.3. The highest BCUT2D eigenvalue weighted by Crippen LogP contribution is 2.16. The first-order valence-electron chi connectivity index (χ1n) is 8.64. The van der Waals surface area contributed by atoms with Gasteiger partial charge in [-0.05, 0) is 17.7 Å². The number of piperazine rings is 1. The predicted octanol–water partition coefficient (Wildman–Crippen LogP) is 0.110. The highest BCUT2D eigenvalue weighted by molar-refractivity contribution is 14.0. The summed E-state index contributed by atoms with van der Waals surface area (Å²) in [5.41, 5.74) is 1.52. The van der Waals surface area contributed by atoms with E-state index < -0.39 is 10.0 Å². The van der Waals surface area contributed by atoms with E-state index in [4.69, 9.17) is 5.14 Å². The summed E-state index contributed by atoms with van der Waals surface area (Å²) < 4.78 is 24.6. The van der Waals surface area contributed by atoms with Gasteiger partial charge in [0, 0.05) is 39.9 Å². The molecule has 2 heterocycles. The molecule has 1 amide bonds. The molecule has 158 valence electrons. The topological polar surface area (TPSA) is 126 Å². The number of benzene rings is 1. The minimum absolute atomic E-state index is 0. The fourth-order valence-corrected chi connectivity index (χ4v) is 3.60. The Bertz CT molecular complexity index is 1010. The first-order valence-corrected chi connectivity index (χ1v) is 10.2. The number of anilines is 1. The van der Waals surface area contributed by atoms with E-state index >= 15 is 0 Å². The number of carbonyl (C=O) groups excluding carboxylic acids is 1. The number of primary sulfonamides is 1. The molecule has 1 aliphatic heterocycles. The zero-order valence-corrected chi connectivity index (χ0v) is 19.3. The zero-order valence-electron chi connectivity index (χ0n) is 16.1. The van der Waals surface area contributed by atoms with Crippen molar-refractivity contribution in [2.45, 2.75) is 11.4 Å². The van der Waals surface area contributed by atoms with Crippen LogP contribution in [0.2, 0.25) is 0 Å². The van der Waals surface area contributed by atoms with Crippen LogP contribution in [-0.2, 0) is 28.4 Å². The van der Waals surface area contributed by atoms with Crippen LogP contribution in [0.15, 0.2) is 46.5 Å². The maximum Gasteiger partial charge on any atom is 0.246 e. The second kappa shape index (κ2) is 9.54. The largest absolute Gasteiger partial charge is 0.352 e. The molecule has 0 atom stereocenters. The van der Waals surface area contributed by atoms with Crippen molar-refractivity contribution in [1.82, 2.24) is 20.0 Å². The van der Waals surface area contributed by atoms with Crippen LogP contribution in [-0.4, -0.2) is 61.6 Å². The summed E-state index contributed by atoms with van der Waals surface area (Å²) in [6.45, 7) is 1.67. The van der Waals surface area contributed by atoms with Crippen molar-refractivity contribution < 1.29 is 13.2 Å². The Labute approximate surface area is 186 Å². The third-order valence-electron chi connectivity index (χ3n) is 4.41. The van der Waals surface area contributed by atoms with Gasteiger partial charge in [0.15, 0.2) is 5.96 Å². The number of sulfonamides is 1. The molecule has 1 aromatic carbocycles. The van der Waals surface area contributed by atoms with Crippen LogP contribution < -0.4 is 15.4 Å². The minimum atomic E-state index is -3.75. The fourth-order valence-electron chi connectivity index (χ4n) is 3.02. The number of aryl methyl sites for hydroxylation is 1. The van der Waals surface area contributed by atoms with Gasteiger partial charge in [-0.1, -0.05) is 12.1 Å². The third kappa shape index (κ3) is 5.67. The number of rotatable bonds is 4. The maximum atomic E-state index is 12.5. The summed E-state index contributed by atoms with van der Waals surface area (Å²) in [4.78, 5) is 20.4. The van der Waals surface area contributed by atoms with Crippen LogP contribution in [0.4, 0.5) is 5.69 Å². The molecule has 29 heavy (non-hydrogen) atoms. The molecule has 10 nitrogen and oxygen atoms in total. The average molecular weight is 533 g/mol. The molecule has 1 aromatic heterocycles. The van der Waals surface area contributed by atoms with Gasteiger partial charge in [-0.2, -0.15) is 5.10 Å². The predicted molar refractivity (Wildman–Crippen MR) is 121 cm³/mol. The number of hydrogen-bond acceptors (Lipinski definition) is 5. The summed E-state index contributed by atoms with van der Waals surface area (Å²) in [7, 11) is -0.307. The normalized spacial score (nSPS) is 15.3. The molecule has 0 radical (unpaired) electrons. The van der Waals surface area contributed by atoms with E-state index in [2.05, 4.69) is 15.4 Å². The molecule has 3 N–H and O–H groups in total. The third-order valence-corrected chi connectivity index (χ3v) is 5.32. The average Bonchev–Trinajstić information content (AvgIpc) is 3.08. The molecule has 1 aliphatic rings. The Morgan fingerprint density at radius 1 is 1.34 bits per heavy atom. The number of hydrogen-bond donors (Lipinski definition) is 2. The van der Waals surface area contributed by atoms with Gasteiger partial charge in [0.2, 0.25) is 15.9 Å². The monoisotopic (exact) mass is 533 g/mol. The lowest BCUT2D eigenvalue weighted by molar-refractivity contribution is -0.120. The van der Waals surface area contributed by atoms with Gasteiger partial charge in [0.25, 0.3) is 0 Å². The lowest BCUT2D eigenvalue weighted by Crippen LogP contribution is -2.55. The smallest absolute Gasteiger partial charge is 0.246 e. The molecular formula is C17H24IN7O3S. The number of guanidine groups is 1. The van der Waals surface area contributed by atoms with Crippen molar-refractivity contribution in [2.24, 2.45) is 17.2 Å². The van der Waals surface area contributed by atoms with Crippen LogP contribution in [0.3, 0.4) is 0 Å². The molecule has 0 aliphatic carbocycles. The lowest BCUT2D eigenvalue weighted by Gasteiger charge is -2.35. The van der Waals surface area contributed by atoms with E-state index in [9.17, 15) is 13.2 Å². The Morgan fingerprint density at radius 2 is 2.10 bits per heavy atom. The van der Waals surface area contributed by atoms with Crippen molar-refractivity contribution >= 4 is 51.6 Å². The summed E-state index contributed by atoms with van der Waals surface area (Å²) in [6.07, 6.45) is 3.47. The molecule has 1 fully saturated rings. The molecule has 0 spiro atoms. The molecule has 2 aromatic rings. The molecule has 3 rings (SSSR count). The highest BCUT2D eigenvalue weighted by atomic mass is 127. The lowest BCUT2D eigenvalue weighted by atomic mass is 10.2. The number of amides is 1. The molecule has 1 saturated heterocycles. The van der Waals surface area contributed by atoms with Crippen LogP contribution >= 0.6 is 24.0 Å². The number of nitrogens with two attached hydrogens (primary N) is 1. The van der Waals surface area contributed by atoms with Gasteiger partial charge in [-0.3, -0.25) is 14.5 Å². The van der Waals surface area contributed by atoms with Gasteiger partial charge in [-0.25, -0.2) is 13.6 Å². The van der Waals surface area contributed by atoms with Gasteiger partial charge in [-0.15, -0.1) is 24.0 Å². The Kier molecular flexibility index (Phi) is 7.60. The maximum absolute atomic E-state index is 12.5. The van der Waals surface area contributed by atoms with Gasteiger partial charge in [0.05, 0.1) is 16.8 Å². The highest BCUT2D eigenvalue weighted by Gasteiger charge is 2.27. The number of halogens is 1. The molecule has 12 heteroatoms. The van der Waals surface area contributed by atoms with E-state index in [0.29, 0.717) is 25.6 Å². The number of carbonyl (C=O) groups is 1. The van der Waals surface area contributed by atoms with Crippen LogP contribution in [0.1, 0.15) is 5.56 Å². The van der Waals surface area contributed by atoms with Gasteiger partial charge >= 0.3 is 0 Å². The van der Waals surface area contributed by atoms with E-state index in [1.54, 1.807) is 48.2 Å². The van der Waals surface area contributed by atoms with Crippen molar-refractivity contribution in [2.75, 3.05) is 31.6 Å². The summed E-state index contributed by atoms with van der Waals surface area (Å²) in [5.74, 6) is 0.526. The standard InChI is InChI=1S/C17H23N7O3S.HI/c1-19-17(20-9-13-4-3-5-15(8-13)28(18,26)27)23-6-7-24(16(25)12-23)14-10-21-22(2)11-14;/h3-5,8,10-11H,6-7,9,12H2,1-2H3,(H,19,20)(H2,18,26,27);1H. The molecule has 0 saturated carbocycles. The number of aliphatic imine (C=N–C) groups is 1. The second-order valence-electron chi connectivity index (χ2n) is 6.43. The second-order valence-corrected chi connectivity index (χ2v) is 7.99. The van der Waals surface area contributed by atoms with Gasteiger partial charge < -0.3 is 15.1 Å². The summed E-state index contributed by atoms with van der Waals surface area (Å²) >= 11 is 0. The quantitative estimate of drug-likeness (QED) is 0.327. The van der Waals surface area contributed by atoms with E-state index in [1.807, 2.05) is 4.90 Å². The Morgan fingerprint density at radius 3 is 2.69 bits per heavy atom. The van der Waals surface area contributed by atoms with Crippen LogP contribution in [0.5, 0.6) is 0 Å². The van der Waals surface area contributed by atoms with Crippen molar-refractivity contribution in [3.05, 3.63) is 42.2 Å². The summed E-state index contributed by atoms with van der Waals surface area (Å²) in [6, 6.07) is 6.39. The van der Waals surface area contributed by atoms with Crippen molar-refractivity contribution in [3.8, 4) is 0 Å². The molecule has 0 unspecified atom stereocenters. The van der Waals surface area contributed by atoms with E-state index in [0.717, 1.165) is 11.3 Å². The van der Waals surface area contributed by atoms with E-state index in [1.165, 1.54) is 12.1 Å². The number of nitrogens with one attached hydrogen (secondary N) is 1. The van der Waals surface area contributed by atoms with Crippen molar-refractivity contribution in [1.29, 1.82) is 0 Å². The fraction of sp³-hybridized carbons (Fsp3) is 0.353. The Balaban J connectivity index is 0.00000300. The van der Waals surface area contributed by atoms with Crippen LogP contribution in [0.25, 0.3) is 0 Å². The van der Waals surface area contributed by atoms with Crippen molar-refractivity contribution in [3.63, 3.8) is 0 Å². The first kappa shape index (κ1) is 23.1.